The molecule has 2 bridgehead atoms. The number of hydrogen-bond donors (Lipinski definition) is 2. The summed E-state index contributed by atoms with van der Waals surface area (Å²) in [6, 6.07) is -1.13. The highest BCUT2D eigenvalue weighted by atomic mass is 28.4. The van der Waals surface area contributed by atoms with E-state index in [1.807, 2.05) is 83.8 Å². The van der Waals surface area contributed by atoms with Gasteiger partial charge in [-0.15, -0.1) is 0 Å². The molecule has 0 aromatic rings. The fourth-order valence-corrected chi connectivity index (χ4v) is 11.7. The molecule has 0 aromatic carbocycles. The summed E-state index contributed by atoms with van der Waals surface area (Å²) in [5, 5.41) is 22.5. The number of amides is 1. The van der Waals surface area contributed by atoms with Gasteiger partial charge in [0.05, 0.1) is 30.5 Å². The maximum absolute atomic E-state index is 14.5. The Morgan fingerprint density at radius 2 is 1.55 bits per heavy atom. The van der Waals surface area contributed by atoms with Crippen LogP contribution in [0.15, 0.2) is 47.6 Å². The molecule has 4 rings (SSSR count). The summed E-state index contributed by atoms with van der Waals surface area (Å²) in [5.41, 5.74) is 1.58. The van der Waals surface area contributed by atoms with Crippen LogP contribution < -0.4 is 0 Å². The van der Waals surface area contributed by atoms with Crippen molar-refractivity contribution in [3.63, 3.8) is 0 Å². The van der Waals surface area contributed by atoms with Crippen molar-refractivity contribution >= 4 is 37.5 Å². The first-order chi connectivity index (χ1) is 32.4. The maximum Gasteiger partial charge on any atom is 0.329 e. The number of methoxy groups -OCH3 is 3. The van der Waals surface area contributed by atoms with Gasteiger partial charge >= 0.3 is 5.97 Å². The number of hydrogen-bond acceptors (Lipinski definition) is 13. The Labute approximate surface area is 414 Å². The van der Waals surface area contributed by atoms with Crippen LogP contribution in [0.3, 0.4) is 0 Å². The second kappa shape index (κ2) is 26.5. The molecule has 1 amide bonds. The molecule has 3 heterocycles. The number of nitrogens with zero attached hydrogens (tertiary/aromatic N) is 1. The van der Waals surface area contributed by atoms with Crippen LogP contribution in [0.1, 0.15) is 126 Å². The van der Waals surface area contributed by atoms with Gasteiger partial charge in [0.15, 0.2) is 14.1 Å². The number of ketones is 3. The summed E-state index contributed by atoms with van der Waals surface area (Å²) in [7, 11) is 2.40. The van der Waals surface area contributed by atoms with E-state index in [1.165, 1.54) is 12.0 Å². The van der Waals surface area contributed by atoms with Gasteiger partial charge in [0.2, 0.25) is 5.79 Å². The smallest absolute Gasteiger partial charge is 0.329 e. The molecule has 0 aromatic heterocycles. The molecule has 69 heavy (non-hydrogen) atoms. The van der Waals surface area contributed by atoms with E-state index in [1.54, 1.807) is 28.1 Å². The summed E-state index contributed by atoms with van der Waals surface area (Å²) in [4.78, 5) is 73.1. The van der Waals surface area contributed by atoms with Crippen LogP contribution in [-0.4, -0.2) is 135 Å². The average Bonchev–Trinajstić information content (AvgIpc) is 3.30. The number of Topliss-reactive ketones (excluding diaryl/α,β-unsaturated/α-hetero) is 3. The lowest BCUT2D eigenvalue weighted by molar-refractivity contribution is -0.265. The van der Waals surface area contributed by atoms with Gasteiger partial charge < -0.3 is 43.2 Å². The zero-order chi connectivity index (χ0) is 51.4. The zero-order valence-corrected chi connectivity index (χ0v) is 45.1. The third-order valence-corrected chi connectivity index (χ3v) is 15.9. The number of carbonyl (C=O) groups excluding carboxylic acids is 5. The van der Waals surface area contributed by atoms with Gasteiger partial charge in [-0.3, -0.25) is 19.2 Å². The Balaban J connectivity index is 1.76. The number of ether oxygens (including phenoxy) is 5. The van der Waals surface area contributed by atoms with E-state index in [-0.39, 0.29) is 60.7 Å². The number of esters is 1. The number of allylic oxidation sites excluding steroid dienone is 6. The highest BCUT2D eigenvalue weighted by Crippen LogP contribution is 2.38. The fraction of sp³-hybridized carbons (Fsp3) is 0.759. The van der Waals surface area contributed by atoms with Crippen molar-refractivity contribution < 1.29 is 62.3 Å². The van der Waals surface area contributed by atoms with Crippen molar-refractivity contribution in [3.05, 3.63) is 47.6 Å². The molecular formula is C54H87NO13Si. The first kappa shape index (κ1) is 58.4. The van der Waals surface area contributed by atoms with Gasteiger partial charge in [-0.1, -0.05) is 71.1 Å². The lowest BCUT2D eigenvalue weighted by Gasteiger charge is -2.42. The largest absolute Gasteiger partial charge is 0.460 e. The van der Waals surface area contributed by atoms with E-state index in [2.05, 4.69) is 6.92 Å². The SMILES string of the molecule is CO[C@H]1CC2CC[C@@H](C)[C@@](O)(O2)C(=O)C(=O)N2CCCCC2C(=O)O[C@H]([C@@H](C)C[C@@H]2CC[C@@H](O)[C@H](OC)C2)CC(=O)[C@H](C)/C=C(\C)[C@@H](O[Si](C)(C)C)[C@@H](OC)C(=O)[C@H](C)C[C@H](C)/C=C/C=C/C=C/1C. The number of rotatable bonds is 8. The monoisotopic (exact) mass is 986 g/mol. The second-order valence-electron chi connectivity index (χ2n) is 21.8. The van der Waals surface area contributed by atoms with E-state index in [0.717, 1.165) is 12.0 Å². The number of aliphatic hydroxyl groups is 2. The molecular weight excluding hydrogens is 899 g/mol. The minimum absolute atomic E-state index is 0.0556. The molecule has 14 nitrogen and oxygen atoms in total. The minimum atomic E-state index is -2.42. The Hall–Kier alpha value is -3.15. The second-order valence-corrected chi connectivity index (χ2v) is 26.3. The van der Waals surface area contributed by atoms with Gasteiger partial charge in [-0.25, -0.2) is 4.79 Å². The number of cyclic esters (lactones) is 1. The third kappa shape index (κ3) is 16.2. The maximum atomic E-state index is 14.5. The van der Waals surface area contributed by atoms with E-state index in [0.29, 0.717) is 63.4 Å². The minimum Gasteiger partial charge on any atom is -0.460 e. The summed E-state index contributed by atoms with van der Waals surface area (Å²) in [6.07, 6.45) is 12.7. The van der Waals surface area contributed by atoms with Gasteiger partial charge in [-0.2, -0.15) is 0 Å². The molecule has 1 aliphatic carbocycles. The van der Waals surface area contributed by atoms with Crippen LogP contribution in [-0.2, 0) is 52.1 Å². The van der Waals surface area contributed by atoms with Gasteiger partial charge in [0.25, 0.3) is 11.7 Å². The summed E-state index contributed by atoms with van der Waals surface area (Å²) < 4.78 is 36.7. The van der Waals surface area contributed by atoms with Gasteiger partial charge in [0, 0.05) is 58.5 Å². The van der Waals surface area contributed by atoms with Crippen LogP contribution in [0.5, 0.6) is 0 Å². The summed E-state index contributed by atoms with van der Waals surface area (Å²) in [5.74, 6) is -7.43. The van der Waals surface area contributed by atoms with E-state index >= 15 is 0 Å². The Morgan fingerprint density at radius 3 is 2.20 bits per heavy atom. The van der Waals surface area contributed by atoms with Crippen LogP contribution in [0.2, 0.25) is 19.6 Å². The first-order valence-electron chi connectivity index (χ1n) is 25.6. The number of piperidine rings is 1. The molecule has 15 heteroatoms. The molecule has 3 fully saturated rings. The highest BCUT2D eigenvalue weighted by molar-refractivity contribution is 6.69. The fourth-order valence-electron chi connectivity index (χ4n) is 10.6. The highest BCUT2D eigenvalue weighted by Gasteiger charge is 2.53. The molecule has 2 unspecified atom stereocenters. The molecule has 0 radical (unpaired) electrons. The molecule has 390 valence electrons. The molecule has 4 aliphatic rings. The summed E-state index contributed by atoms with van der Waals surface area (Å²) >= 11 is 0. The van der Waals surface area contributed by atoms with Crippen molar-refractivity contribution in [3.8, 4) is 0 Å². The number of carbonyl (C=O) groups is 5. The van der Waals surface area contributed by atoms with Crippen molar-refractivity contribution in [1.29, 1.82) is 0 Å². The predicted octanol–water partition coefficient (Wildman–Crippen LogP) is 8.04. The first-order valence-corrected chi connectivity index (χ1v) is 29.0. The van der Waals surface area contributed by atoms with Gasteiger partial charge in [-0.05, 0) is 127 Å². The Kier molecular flexibility index (Phi) is 22.4. The average molecular weight is 986 g/mol. The zero-order valence-electron chi connectivity index (χ0n) is 44.1. The topological polar surface area (TPSA) is 184 Å². The lowest BCUT2D eigenvalue weighted by atomic mass is 9.78. The summed E-state index contributed by atoms with van der Waals surface area (Å²) in [6.45, 7) is 19.4. The Bertz CT molecular complexity index is 1870. The molecule has 2 N–H and O–H groups in total. The predicted molar refractivity (Wildman–Crippen MR) is 267 cm³/mol. The van der Waals surface area contributed by atoms with E-state index in [9.17, 15) is 34.2 Å². The van der Waals surface area contributed by atoms with Crippen LogP contribution in [0.4, 0.5) is 0 Å². The van der Waals surface area contributed by atoms with E-state index < -0.39 is 86.3 Å². The van der Waals surface area contributed by atoms with Crippen molar-refractivity contribution in [1.82, 2.24) is 4.90 Å². The lowest BCUT2D eigenvalue weighted by Crippen LogP contribution is -2.61. The standard InChI is InChI=1S/C54H87NO13Si/c1-33-19-15-14-16-20-34(2)45(63-8)31-41-24-22-39(7)54(62,67-41)51(59)52(60)55-26-18-17-21-42(55)53(61)66-46(36(4)29-40-23-25-43(56)47(30-40)64-9)32-44(57)35(3)28-38(6)49(68-69(11,12)13)50(65-10)48(58)37(5)27-33/h14-16,19-20,28,33,35-37,39-43,45-47,49-50,56,62H,17-18,21-27,29-32H2,1-13H3/b16-14+,19-15+,34-20+,38-28+/t33-,35-,36+,37-,39-,40+,41?,42?,43-,45+,46+,47-,49-,50+,54-/m1/s1. The molecule has 15 atom stereocenters. The number of aliphatic hydroxyl groups excluding tert-OH is 1. The third-order valence-electron chi connectivity index (χ3n) is 14.9. The van der Waals surface area contributed by atoms with Crippen molar-refractivity contribution in [2.24, 2.45) is 35.5 Å². The molecule has 3 aliphatic heterocycles. The molecule has 1 saturated carbocycles. The van der Waals surface area contributed by atoms with Crippen molar-refractivity contribution in [2.45, 2.75) is 200 Å². The van der Waals surface area contributed by atoms with Crippen LogP contribution in [0, 0.1) is 35.5 Å². The van der Waals surface area contributed by atoms with Crippen LogP contribution >= 0.6 is 0 Å². The van der Waals surface area contributed by atoms with Crippen LogP contribution in [0.25, 0.3) is 0 Å². The number of fused-ring (bicyclic) bond motifs is 3. The van der Waals surface area contributed by atoms with Gasteiger partial charge in [0.1, 0.15) is 24.0 Å². The quantitative estimate of drug-likeness (QED) is 0.103. The van der Waals surface area contributed by atoms with E-state index in [4.69, 9.17) is 28.1 Å². The normalized spacial score (nSPS) is 39.0. The molecule has 0 spiro atoms. The Morgan fingerprint density at radius 1 is 0.841 bits per heavy atom. The molecule has 2 saturated heterocycles. The van der Waals surface area contributed by atoms with Crippen molar-refractivity contribution in [2.75, 3.05) is 27.9 Å².